The SMILES string of the molecule is C=CC=Cc1ccoc1C=O. The van der Waals surface area contributed by atoms with Crippen molar-refractivity contribution in [1.29, 1.82) is 0 Å². The maximum Gasteiger partial charge on any atom is 0.185 e. The third-order valence-corrected chi connectivity index (χ3v) is 1.25. The molecule has 11 heavy (non-hydrogen) atoms. The summed E-state index contributed by atoms with van der Waals surface area (Å²) in [5.74, 6) is 0.350. The van der Waals surface area contributed by atoms with Crippen LogP contribution in [0.1, 0.15) is 16.1 Å². The van der Waals surface area contributed by atoms with Crippen LogP contribution in [0.2, 0.25) is 0 Å². The van der Waals surface area contributed by atoms with Gasteiger partial charge in [-0.2, -0.15) is 0 Å². The fraction of sp³-hybridized carbons (Fsp3) is 0. The van der Waals surface area contributed by atoms with Crippen LogP contribution in [0.5, 0.6) is 0 Å². The molecule has 0 radical (unpaired) electrons. The number of furan rings is 1. The van der Waals surface area contributed by atoms with Gasteiger partial charge in [-0.1, -0.05) is 24.8 Å². The molecule has 1 rings (SSSR count). The van der Waals surface area contributed by atoms with E-state index in [1.54, 1.807) is 24.3 Å². The van der Waals surface area contributed by atoms with Crippen LogP contribution < -0.4 is 0 Å². The molecule has 0 aromatic carbocycles. The predicted molar refractivity (Wildman–Crippen MR) is 43.3 cm³/mol. The summed E-state index contributed by atoms with van der Waals surface area (Å²) < 4.78 is 4.86. The fourth-order valence-electron chi connectivity index (χ4n) is 0.736. The number of hydrogen-bond acceptors (Lipinski definition) is 2. The van der Waals surface area contributed by atoms with Gasteiger partial charge in [-0.05, 0) is 6.07 Å². The topological polar surface area (TPSA) is 30.2 Å². The second kappa shape index (κ2) is 3.56. The molecule has 2 nitrogen and oxygen atoms in total. The number of allylic oxidation sites excluding steroid dienone is 2. The summed E-state index contributed by atoms with van der Waals surface area (Å²) in [5.41, 5.74) is 0.778. The smallest absolute Gasteiger partial charge is 0.185 e. The molecule has 0 saturated heterocycles. The first-order valence-corrected chi connectivity index (χ1v) is 3.20. The molecule has 0 atom stereocenters. The molecule has 0 aliphatic heterocycles. The third-order valence-electron chi connectivity index (χ3n) is 1.25. The van der Waals surface area contributed by atoms with E-state index in [4.69, 9.17) is 4.42 Å². The van der Waals surface area contributed by atoms with Crippen molar-refractivity contribution in [2.24, 2.45) is 0 Å². The molecule has 0 bridgehead atoms. The molecule has 2 heteroatoms. The lowest BCUT2D eigenvalue weighted by Gasteiger charge is -1.83. The summed E-state index contributed by atoms with van der Waals surface area (Å²) in [7, 11) is 0. The van der Waals surface area contributed by atoms with Gasteiger partial charge in [-0.25, -0.2) is 0 Å². The molecular weight excluding hydrogens is 140 g/mol. The van der Waals surface area contributed by atoms with Gasteiger partial charge in [0.2, 0.25) is 0 Å². The minimum atomic E-state index is 0.350. The lowest BCUT2D eigenvalue weighted by atomic mass is 10.2. The molecule has 56 valence electrons. The van der Waals surface area contributed by atoms with Crippen molar-refractivity contribution >= 4 is 12.4 Å². The lowest BCUT2D eigenvalue weighted by Crippen LogP contribution is -1.75. The van der Waals surface area contributed by atoms with Crippen LogP contribution in [0.4, 0.5) is 0 Å². The van der Waals surface area contributed by atoms with E-state index in [1.165, 1.54) is 6.26 Å². The summed E-state index contributed by atoms with van der Waals surface area (Å²) in [4.78, 5) is 10.3. The van der Waals surface area contributed by atoms with Crippen molar-refractivity contribution in [3.8, 4) is 0 Å². The minimum Gasteiger partial charge on any atom is -0.461 e. The van der Waals surface area contributed by atoms with Gasteiger partial charge in [0.1, 0.15) is 0 Å². The highest BCUT2D eigenvalue weighted by Crippen LogP contribution is 2.09. The molecule has 1 aromatic rings. The van der Waals surface area contributed by atoms with E-state index < -0.39 is 0 Å². The average molecular weight is 148 g/mol. The molecule has 0 unspecified atom stereocenters. The summed E-state index contributed by atoms with van der Waals surface area (Å²) in [6.07, 6.45) is 7.31. The van der Waals surface area contributed by atoms with Gasteiger partial charge in [-0.15, -0.1) is 0 Å². The molecule has 0 aliphatic carbocycles. The van der Waals surface area contributed by atoms with Gasteiger partial charge in [0.05, 0.1) is 6.26 Å². The van der Waals surface area contributed by atoms with Crippen LogP contribution in [0.25, 0.3) is 6.08 Å². The van der Waals surface area contributed by atoms with Crippen molar-refractivity contribution in [1.82, 2.24) is 0 Å². The van der Waals surface area contributed by atoms with Gasteiger partial charge in [0, 0.05) is 5.56 Å². The average Bonchev–Trinajstić information content (AvgIpc) is 2.47. The molecule has 0 saturated carbocycles. The zero-order chi connectivity index (χ0) is 8.10. The Kier molecular flexibility index (Phi) is 2.44. The predicted octanol–water partition coefficient (Wildman–Crippen LogP) is 2.29. The molecule has 0 aliphatic rings. The van der Waals surface area contributed by atoms with Gasteiger partial charge >= 0.3 is 0 Å². The van der Waals surface area contributed by atoms with Crippen LogP contribution in [0, 0.1) is 0 Å². The van der Waals surface area contributed by atoms with E-state index in [9.17, 15) is 4.79 Å². The Balaban J connectivity index is 2.92. The van der Waals surface area contributed by atoms with Crippen LogP contribution in [0.15, 0.2) is 35.5 Å². The quantitative estimate of drug-likeness (QED) is 0.486. The fourth-order valence-corrected chi connectivity index (χ4v) is 0.736. The van der Waals surface area contributed by atoms with E-state index >= 15 is 0 Å². The van der Waals surface area contributed by atoms with Crippen LogP contribution in [0.3, 0.4) is 0 Å². The van der Waals surface area contributed by atoms with Crippen LogP contribution in [-0.2, 0) is 0 Å². The molecule has 1 aromatic heterocycles. The standard InChI is InChI=1S/C9H8O2/c1-2-3-4-8-5-6-11-9(8)7-10/h2-7H,1H2. The highest BCUT2D eigenvalue weighted by atomic mass is 16.3. The van der Waals surface area contributed by atoms with Gasteiger partial charge in [0.15, 0.2) is 12.0 Å². The largest absolute Gasteiger partial charge is 0.461 e. The van der Waals surface area contributed by atoms with E-state index in [2.05, 4.69) is 6.58 Å². The van der Waals surface area contributed by atoms with Crippen molar-refractivity contribution in [2.75, 3.05) is 0 Å². The Bertz CT molecular complexity index is 282. The first-order valence-electron chi connectivity index (χ1n) is 3.20. The maximum absolute atomic E-state index is 10.3. The molecule has 0 spiro atoms. The highest BCUT2D eigenvalue weighted by molar-refractivity contribution is 5.78. The van der Waals surface area contributed by atoms with Crippen LogP contribution >= 0.6 is 0 Å². The Morgan fingerprint density at radius 2 is 2.36 bits per heavy atom. The highest BCUT2D eigenvalue weighted by Gasteiger charge is 1.98. The second-order valence-corrected chi connectivity index (χ2v) is 1.95. The van der Waals surface area contributed by atoms with E-state index in [0.29, 0.717) is 12.0 Å². The first-order chi connectivity index (χ1) is 5.38. The lowest BCUT2D eigenvalue weighted by molar-refractivity contribution is 0.110. The summed E-state index contributed by atoms with van der Waals surface area (Å²) in [5, 5.41) is 0. The zero-order valence-electron chi connectivity index (χ0n) is 5.99. The first kappa shape index (κ1) is 7.54. The molecule has 1 heterocycles. The third kappa shape index (κ3) is 1.67. The Labute approximate surface area is 64.8 Å². The second-order valence-electron chi connectivity index (χ2n) is 1.95. The normalized spacial score (nSPS) is 10.2. The Hall–Kier alpha value is -1.57. The monoisotopic (exact) mass is 148 g/mol. The number of carbonyl (C=O) groups excluding carboxylic acids is 1. The summed E-state index contributed by atoms with van der Waals surface area (Å²) >= 11 is 0. The number of rotatable bonds is 3. The Morgan fingerprint density at radius 1 is 1.55 bits per heavy atom. The van der Waals surface area contributed by atoms with Crippen molar-refractivity contribution in [3.05, 3.63) is 42.4 Å². The van der Waals surface area contributed by atoms with Crippen LogP contribution in [-0.4, -0.2) is 6.29 Å². The van der Waals surface area contributed by atoms with Crippen molar-refractivity contribution < 1.29 is 9.21 Å². The Morgan fingerprint density at radius 3 is 3.00 bits per heavy atom. The number of hydrogen-bond donors (Lipinski definition) is 0. The maximum atomic E-state index is 10.3. The minimum absolute atomic E-state index is 0.350. The molecule has 0 N–H and O–H groups in total. The number of carbonyl (C=O) groups is 1. The van der Waals surface area contributed by atoms with E-state index in [0.717, 1.165) is 5.56 Å². The van der Waals surface area contributed by atoms with Crippen molar-refractivity contribution in [2.45, 2.75) is 0 Å². The van der Waals surface area contributed by atoms with E-state index in [-0.39, 0.29) is 0 Å². The molecule has 0 fully saturated rings. The van der Waals surface area contributed by atoms with E-state index in [1.807, 2.05) is 0 Å². The van der Waals surface area contributed by atoms with Gasteiger partial charge in [0.25, 0.3) is 0 Å². The molecular formula is C9H8O2. The zero-order valence-corrected chi connectivity index (χ0v) is 5.99. The van der Waals surface area contributed by atoms with Gasteiger partial charge in [-0.3, -0.25) is 4.79 Å². The van der Waals surface area contributed by atoms with Crippen molar-refractivity contribution in [3.63, 3.8) is 0 Å². The summed E-state index contributed by atoms with van der Waals surface area (Å²) in [6, 6.07) is 1.73. The summed E-state index contributed by atoms with van der Waals surface area (Å²) in [6.45, 7) is 3.51. The van der Waals surface area contributed by atoms with Gasteiger partial charge < -0.3 is 4.42 Å². The molecule has 0 amide bonds. The number of aldehydes is 1.